The molecule has 0 bridgehead atoms. The molecule has 0 spiro atoms. The Morgan fingerprint density at radius 3 is 2.80 bits per heavy atom. The van der Waals surface area contributed by atoms with E-state index in [2.05, 4.69) is 5.10 Å². The predicted octanol–water partition coefficient (Wildman–Crippen LogP) is 2.95. The fraction of sp³-hybridized carbons (Fsp3) is 0.400. The van der Waals surface area contributed by atoms with Crippen molar-refractivity contribution in [3.8, 4) is 5.75 Å². The van der Waals surface area contributed by atoms with Crippen molar-refractivity contribution in [2.45, 2.75) is 40.0 Å². The third kappa shape index (κ3) is 3.17. The lowest BCUT2D eigenvalue weighted by Crippen LogP contribution is -2.10. The Morgan fingerprint density at radius 1 is 1.40 bits per heavy atom. The molecule has 2 aromatic rings. The molecule has 2 rings (SSSR count). The summed E-state index contributed by atoms with van der Waals surface area (Å²) in [6, 6.07) is 6.19. The average Bonchev–Trinajstić information content (AvgIpc) is 2.76. The molecular formula is C15H20FN3O. The van der Waals surface area contributed by atoms with Gasteiger partial charge in [-0.25, -0.2) is 4.39 Å². The standard InChI is InChI=1S/C15H20FN3O/c1-4-19-13(7-10(2)18-19)9-20-15-8-12(16)5-6-14(15)11(3)17/h5-8,11H,4,9,17H2,1-3H3/t11-/m0/s1. The SMILES string of the molecule is CCn1nc(C)cc1COc1cc(F)ccc1[C@H](C)N. The lowest BCUT2D eigenvalue weighted by Gasteiger charge is -2.14. The molecule has 1 aromatic carbocycles. The maximum Gasteiger partial charge on any atom is 0.130 e. The Morgan fingerprint density at radius 2 is 2.15 bits per heavy atom. The fourth-order valence-electron chi connectivity index (χ4n) is 2.15. The number of hydrogen-bond acceptors (Lipinski definition) is 3. The summed E-state index contributed by atoms with van der Waals surface area (Å²) >= 11 is 0. The van der Waals surface area contributed by atoms with Crippen LogP contribution in [-0.4, -0.2) is 9.78 Å². The number of aromatic nitrogens is 2. The number of hydrogen-bond donors (Lipinski definition) is 1. The van der Waals surface area contributed by atoms with E-state index in [0.717, 1.165) is 23.5 Å². The number of nitrogens with zero attached hydrogens (tertiary/aromatic N) is 2. The minimum absolute atomic E-state index is 0.205. The van der Waals surface area contributed by atoms with Crippen molar-refractivity contribution < 1.29 is 9.13 Å². The summed E-state index contributed by atoms with van der Waals surface area (Å²) < 4.78 is 21.0. The first kappa shape index (κ1) is 14.5. The molecule has 1 atom stereocenters. The van der Waals surface area contributed by atoms with Crippen LogP contribution in [0, 0.1) is 12.7 Å². The Labute approximate surface area is 118 Å². The van der Waals surface area contributed by atoms with Gasteiger partial charge >= 0.3 is 0 Å². The zero-order valence-corrected chi connectivity index (χ0v) is 12.1. The molecule has 0 unspecified atom stereocenters. The van der Waals surface area contributed by atoms with Crippen molar-refractivity contribution in [2.75, 3.05) is 0 Å². The lowest BCUT2D eigenvalue weighted by atomic mass is 10.1. The molecule has 0 saturated carbocycles. The Hall–Kier alpha value is -1.88. The maximum absolute atomic E-state index is 13.3. The fourth-order valence-corrected chi connectivity index (χ4v) is 2.15. The van der Waals surface area contributed by atoms with Gasteiger partial charge in [0.1, 0.15) is 18.2 Å². The lowest BCUT2D eigenvalue weighted by molar-refractivity contribution is 0.287. The molecule has 20 heavy (non-hydrogen) atoms. The van der Waals surface area contributed by atoms with E-state index >= 15 is 0 Å². The van der Waals surface area contributed by atoms with E-state index in [1.165, 1.54) is 12.1 Å². The largest absolute Gasteiger partial charge is 0.487 e. The highest BCUT2D eigenvalue weighted by Gasteiger charge is 2.11. The van der Waals surface area contributed by atoms with Crippen molar-refractivity contribution in [3.63, 3.8) is 0 Å². The zero-order chi connectivity index (χ0) is 14.7. The number of rotatable bonds is 5. The van der Waals surface area contributed by atoms with Crippen molar-refractivity contribution in [1.82, 2.24) is 9.78 Å². The van der Waals surface area contributed by atoms with Gasteiger partial charge < -0.3 is 10.5 Å². The normalized spacial score (nSPS) is 12.4. The first-order chi connectivity index (χ1) is 9.51. The monoisotopic (exact) mass is 277 g/mol. The molecule has 0 fully saturated rings. The van der Waals surface area contributed by atoms with Crippen LogP contribution in [0.15, 0.2) is 24.3 Å². The molecule has 0 amide bonds. The van der Waals surface area contributed by atoms with Crippen molar-refractivity contribution >= 4 is 0 Å². The molecule has 4 nitrogen and oxygen atoms in total. The van der Waals surface area contributed by atoms with Crippen LogP contribution < -0.4 is 10.5 Å². The topological polar surface area (TPSA) is 53.1 Å². The van der Waals surface area contributed by atoms with Crippen LogP contribution in [0.1, 0.15) is 36.8 Å². The van der Waals surface area contributed by atoms with Gasteiger partial charge in [0.2, 0.25) is 0 Å². The van der Waals surface area contributed by atoms with Gasteiger partial charge in [-0.3, -0.25) is 4.68 Å². The van der Waals surface area contributed by atoms with Gasteiger partial charge in [0.15, 0.2) is 0 Å². The molecule has 108 valence electrons. The molecule has 2 N–H and O–H groups in total. The summed E-state index contributed by atoms with van der Waals surface area (Å²) in [5.41, 5.74) is 8.58. The van der Waals surface area contributed by atoms with E-state index in [1.807, 2.05) is 31.5 Å². The van der Waals surface area contributed by atoms with E-state index in [1.54, 1.807) is 6.07 Å². The highest BCUT2D eigenvalue weighted by atomic mass is 19.1. The summed E-state index contributed by atoms with van der Waals surface area (Å²) in [5, 5.41) is 4.35. The van der Waals surface area contributed by atoms with Gasteiger partial charge in [0, 0.05) is 24.2 Å². The molecule has 0 saturated heterocycles. The van der Waals surface area contributed by atoms with Gasteiger partial charge in [0.05, 0.1) is 11.4 Å². The van der Waals surface area contributed by atoms with Crippen molar-refractivity contribution in [3.05, 3.63) is 47.0 Å². The molecule has 0 aliphatic rings. The van der Waals surface area contributed by atoms with Crippen LogP contribution in [0.3, 0.4) is 0 Å². The minimum atomic E-state index is -0.329. The molecular weight excluding hydrogens is 257 g/mol. The zero-order valence-electron chi connectivity index (χ0n) is 12.1. The first-order valence-corrected chi connectivity index (χ1v) is 6.72. The second kappa shape index (κ2) is 6.05. The molecule has 0 radical (unpaired) electrons. The Bertz CT molecular complexity index is 593. The van der Waals surface area contributed by atoms with Gasteiger partial charge in [-0.2, -0.15) is 5.10 Å². The number of ether oxygens (including phenoxy) is 1. The number of nitrogens with two attached hydrogens (primary N) is 1. The van der Waals surface area contributed by atoms with Crippen LogP contribution >= 0.6 is 0 Å². The van der Waals surface area contributed by atoms with Crippen LogP contribution in [-0.2, 0) is 13.2 Å². The van der Waals surface area contributed by atoms with Crippen LogP contribution in [0.25, 0.3) is 0 Å². The Balaban J connectivity index is 2.20. The second-order valence-corrected chi connectivity index (χ2v) is 4.85. The molecule has 0 aliphatic carbocycles. The Kier molecular flexibility index (Phi) is 4.39. The number of benzene rings is 1. The third-order valence-electron chi connectivity index (χ3n) is 3.13. The quantitative estimate of drug-likeness (QED) is 0.914. The summed E-state index contributed by atoms with van der Waals surface area (Å²) in [6.07, 6.45) is 0. The van der Waals surface area contributed by atoms with E-state index in [4.69, 9.17) is 10.5 Å². The van der Waals surface area contributed by atoms with Gasteiger partial charge in [-0.15, -0.1) is 0 Å². The van der Waals surface area contributed by atoms with E-state index in [9.17, 15) is 4.39 Å². The molecule has 1 aromatic heterocycles. The second-order valence-electron chi connectivity index (χ2n) is 4.85. The van der Waals surface area contributed by atoms with E-state index in [0.29, 0.717) is 12.4 Å². The summed E-state index contributed by atoms with van der Waals surface area (Å²) in [6.45, 7) is 6.92. The highest BCUT2D eigenvalue weighted by molar-refractivity contribution is 5.36. The minimum Gasteiger partial charge on any atom is -0.487 e. The third-order valence-corrected chi connectivity index (χ3v) is 3.13. The summed E-state index contributed by atoms with van der Waals surface area (Å²) in [5.74, 6) is 0.158. The molecule has 1 heterocycles. The predicted molar refractivity (Wildman–Crippen MR) is 76.0 cm³/mol. The number of halogens is 1. The van der Waals surface area contributed by atoms with Crippen molar-refractivity contribution in [1.29, 1.82) is 0 Å². The molecule has 0 aliphatic heterocycles. The van der Waals surface area contributed by atoms with Gasteiger partial charge in [-0.05, 0) is 32.9 Å². The first-order valence-electron chi connectivity index (χ1n) is 6.72. The average molecular weight is 277 g/mol. The van der Waals surface area contributed by atoms with Crippen LogP contribution in [0.5, 0.6) is 5.75 Å². The van der Waals surface area contributed by atoms with Crippen LogP contribution in [0.2, 0.25) is 0 Å². The number of aryl methyl sites for hydroxylation is 2. The summed E-state index contributed by atoms with van der Waals surface area (Å²) in [4.78, 5) is 0. The molecule has 5 heteroatoms. The van der Waals surface area contributed by atoms with Crippen molar-refractivity contribution in [2.24, 2.45) is 5.73 Å². The van der Waals surface area contributed by atoms with Gasteiger partial charge in [-0.1, -0.05) is 6.07 Å². The van der Waals surface area contributed by atoms with Gasteiger partial charge in [0.25, 0.3) is 0 Å². The smallest absolute Gasteiger partial charge is 0.130 e. The highest BCUT2D eigenvalue weighted by Crippen LogP contribution is 2.25. The van der Waals surface area contributed by atoms with E-state index < -0.39 is 0 Å². The van der Waals surface area contributed by atoms with E-state index in [-0.39, 0.29) is 11.9 Å². The summed E-state index contributed by atoms with van der Waals surface area (Å²) in [7, 11) is 0. The maximum atomic E-state index is 13.3. The van der Waals surface area contributed by atoms with Crippen LogP contribution in [0.4, 0.5) is 4.39 Å².